The Morgan fingerprint density at radius 2 is 1.85 bits per heavy atom. The van der Waals surface area contributed by atoms with Crippen molar-refractivity contribution in [2.24, 2.45) is 0 Å². The van der Waals surface area contributed by atoms with Gasteiger partial charge in [0, 0.05) is 48.2 Å². The number of anilines is 1. The molecule has 1 aliphatic carbocycles. The van der Waals surface area contributed by atoms with Gasteiger partial charge in [-0.2, -0.15) is 0 Å². The van der Waals surface area contributed by atoms with Crippen molar-refractivity contribution in [3.05, 3.63) is 55.8 Å². The van der Waals surface area contributed by atoms with Crippen molar-refractivity contribution < 1.29 is 4.79 Å². The molecule has 0 N–H and O–H groups in total. The number of thiazole rings is 1. The average molecular weight is 535 g/mol. The molecule has 4 nitrogen and oxygen atoms in total. The molecule has 3 aromatic rings. The Morgan fingerprint density at radius 1 is 1.09 bits per heavy atom. The number of ketones is 1. The fourth-order valence-electron chi connectivity index (χ4n) is 4.98. The summed E-state index contributed by atoms with van der Waals surface area (Å²) >= 11 is 15.8. The normalized spacial score (nSPS) is 17.9. The third-order valence-electron chi connectivity index (χ3n) is 6.95. The highest BCUT2D eigenvalue weighted by Gasteiger charge is 2.28. The summed E-state index contributed by atoms with van der Waals surface area (Å²) in [5, 5.41) is 5.29. The van der Waals surface area contributed by atoms with E-state index in [1.54, 1.807) is 28.7 Å². The van der Waals surface area contributed by atoms with Crippen molar-refractivity contribution in [2.75, 3.05) is 31.1 Å². The first-order chi connectivity index (χ1) is 16.5. The zero-order chi connectivity index (χ0) is 23.7. The molecule has 0 spiro atoms. The lowest BCUT2D eigenvalue weighted by atomic mass is 9.94. The van der Waals surface area contributed by atoms with Crippen LogP contribution in [0.15, 0.2) is 29.6 Å². The molecule has 180 valence electrons. The van der Waals surface area contributed by atoms with Gasteiger partial charge in [0.05, 0.1) is 16.3 Å². The van der Waals surface area contributed by atoms with Crippen LogP contribution < -0.4 is 4.90 Å². The van der Waals surface area contributed by atoms with Gasteiger partial charge in [0.1, 0.15) is 15.7 Å². The molecule has 34 heavy (non-hydrogen) atoms. The van der Waals surface area contributed by atoms with Gasteiger partial charge in [-0.1, -0.05) is 54.6 Å². The number of hydrogen-bond acceptors (Lipinski definition) is 6. The number of carbonyl (C=O) groups is 1. The Labute approximate surface area is 219 Å². The summed E-state index contributed by atoms with van der Waals surface area (Å²) in [7, 11) is 0. The number of benzene rings is 1. The smallest absolute Gasteiger partial charge is 0.169 e. The van der Waals surface area contributed by atoms with Crippen LogP contribution in [-0.2, 0) is 6.42 Å². The Balaban J connectivity index is 1.36. The molecular weight excluding hydrogens is 505 g/mol. The van der Waals surface area contributed by atoms with Crippen LogP contribution in [0.25, 0.3) is 10.6 Å². The van der Waals surface area contributed by atoms with Crippen LogP contribution in [0.1, 0.15) is 53.0 Å². The summed E-state index contributed by atoms with van der Waals surface area (Å²) in [6.45, 7) is 6.10. The average Bonchev–Trinajstić information content (AvgIpc) is 3.47. The molecule has 2 aliphatic rings. The minimum absolute atomic E-state index is 0.0417. The van der Waals surface area contributed by atoms with Crippen LogP contribution in [0.3, 0.4) is 0 Å². The predicted octanol–water partition coefficient (Wildman–Crippen LogP) is 7.37. The first-order valence-electron chi connectivity index (χ1n) is 12.0. The van der Waals surface area contributed by atoms with Gasteiger partial charge in [0.15, 0.2) is 5.78 Å². The van der Waals surface area contributed by atoms with Gasteiger partial charge < -0.3 is 4.90 Å². The van der Waals surface area contributed by atoms with E-state index in [1.807, 2.05) is 30.5 Å². The van der Waals surface area contributed by atoms with Crippen molar-refractivity contribution in [3.8, 4) is 10.6 Å². The topological polar surface area (TPSA) is 36.4 Å². The Bertz CT molecular complexity index is 1160. The number of aryl methyl sites for hydroxylation is 1. The second-order valence-corrected chi connectivity index (χ2v) is 12.1. The number of rotatable bonds is 6. The van der Waals surface area contributed by atoms with Crippen molar-refractivity contribution in [1.82, 2.24) is 9.88 Å². The third-order valence-corrected chi connectivity index (χ3v) is 9.76. The summed E-state index contributed by atoms with van der Waals surface area (Å²) in [5.41, 5.74) is 2.56. The molecule has 5 rings (SSSR count). The van der Waals surface area contributed by atoms with Crippen molar-refractivity contribution in [3.63, 3.8) is 0 Å². The SMILES string of the molecule is Cc1ccc(C(=O)Cc2nc(-c3cc(Cl)cs3)c(N3CCN(C4CCCCC4)CC3)s2)cc1Cl. The molecule has 0 amide bonds. The second kappa shape index (κ2) is 10.7. The van der Waals surface area contributed by atoms with Gasteiger partial charge >= 0.3 is 0 Å². The molecule has 1 saturated carbocycles. The molecule has 0 bridgehead atoms. The summed E-state index contributed by atoms with van der Waals surface area (Å²) in [4.78, 5) is 24.1. The highest BCUT2D eigenvalue weighted by Crippen LogP contribution is 2.41. The van der Waals surface area contributed by atoms with E-state index in [0.717, 1.165) is 63.4 Å². The summed E-state index contributed by atoms with van der Waals surface area (Å²) in [6, 6.07) is 8.24. The molecule has 1 saturated heterocycles. The van der Waals surface area contributed by atoms with E-state index in [4.69, 9.17) is 28.2 Å². The molecule has 0 unspecified atom stereocenters. The number of nitrogens with zero attached hydrogens (tertiary/aromatic N) is 3. The van der Waals surface area contributed by atoms with Gasteiger partial charge in [0.25, 0.3) is 0 Å². The van der Waals surface area contributed by atoms with Gasteiger partial charge in [-0.15, -0.1) is 22.7 Å². The maximum Gasteiger partial charge on any atom is 0.169 e. The molecule has 1 aliphatic heterocycles. The maximum atomic E-state index is 13.0. The minimum Gasteiger partial charge on any atom is -0.359 e. The summed E-state index contributed by atoms with van der Waals surface area (Å²) in [5.74, 6) is 0.0417. The largest absolute Gasteiger partial charge is 0.359 e. The van der Waals surface area contributed by atoms with Gasteiger partial charge in [-0.25, -0.2) is 4.98 Å². The molecular formula is C26H29Cl2N3OS2. The van der Waals surface area contributed by atoms with E-state index in [-0.39, 0.29) is 12.2 Å². The van der Waals surface area contributed by atoms with E-state index in [1.165, 1.54) is 32.1 Å². The lowest BCUT2D eigenvalue weighted by Gasteiger charge is -2.41. The van der Waals surface area contributed by atoms with Crippen molar-refractivity contribution in [2.45, 2.75) is 51.5 Å². The van der Waals surface area contributed by atoms with Crippen LogP contribution in [0.2, 0.25) is 10.0 Å². The number of piperazine rings is 1. The van der Waals surface area contributed by atoms with Crippen molar-refractivity contribution in [1.29, 1.82) is 0 Å². The number of carbonyl (C=O) groups excluding carboxylic acids is 1. The first kappa shape index (κ1) is 24.3. The van der Waals surface area contributed by atoms with E-state index < -0.39 is 0 Å². The van der Waals surface area contributed by atoms with Crippen LogP contribution in [0.4, 0.5) is 5.00 Å². The summed E-state index contributed by atoms with van der Waals surface area (Å²) in [6.07, 6.45) is 7.08. The fourth-order valence-corrected chi connectivity index (χ4v) is 7.42. The number of thiophene rings is 1. The van der Waals surface area contributed by atoms with E-state index >= 15 is 0 Å². The third kappa shape index (κ3) is 5.36. The summed E-state index contributed by atoms with van der Waals surface area (Å²) < 4.78 is 0. The van der Waals surface area contributed by atoms with Gasteiger partial charge in [-0.3, -0.25) is 9.69 Å². The fraction of sp³-hybridized carbons (Fsp3) is 0.462. The number of halogens is 2. The molecule has 0 radical (unpaired) electrons. The Morgan fingerprint density at radius 3 is 2.53 bits per heavy atom. The van der Waals surface area contributed by atoms with Crippen LogP contribution in [-0.4, -0.2) is 47.9 Å². The number of aromatic nitrogens is 1. The molecule has 2 fully saturated rings. The Kier molecular flexibility index (Phi) is 7.61. The monoisotopic (exact) mass is 533 g/mol. The molecule has 0 atom stereocenters. The maximum absolute atomic E-state index is 13.0. The number of Topliss-reactive ketones (excluding diaryl/α,β-unsaturated/α-hetero) is 1. The van der Waals surface area contributed by atoms with E-state index in [2.05, 4.69) is 9.80 Å². The van der Waals surface area contributed by atoms with Crippen molar-refractivity contribution >= 4 is 56.7 Å². The number of hydrogen-bond donors (Lipinski definition) is 0. The molecule has 8 heteroatoms. The molecule has 2 aromatic heterocycles. The zero-order valence-electron chi connectivity index (χ0n) is 19.4. The van der Waals surface area contributed by atoms with E-state index in [9.17, 15) is 4.79 Å². The Hall–Kier alpha value is -1.44. The standard InChI is InChI=1S/C26H29Cl2N3OS2/c1-17-7-8-18(13-21(17)28)22(32)15-24-29-25(23-14-19(27)16-33-23)26(34-24)31-11-9-30(10-12-31)20-5-3-2-4-6-20/h7-8,13-14,16,20H,2-6,9-12,15H2,1H3. The minimum atomic E-state index is 0.0417. The van der Waals surface area contributed by atoms with Crippen LogP contribution >= 0.6 is 45.9 Å². The van der Waals surface area contributed by atoms with Crippen LogP contribution in [0.5, 0.6) is 0 Å². The zero-order valence-corrected chi connectivity index (χ0v) is 22.5. The lowest BCUT2D eigenvalue weighted by Crippen LogP contribution is -2.50. The lowest BCUT2D eigenvalue weighted by molar-refractivity contribution is 0.0993. The van der Waals surface area contributed by atoms with Gasteiger partial charge in [0.2, 0.25) is 0 Å². The van der Waals surface area contributed by atoms with Gasteiger partial charge in [-0.05, 0) is 37.5 Å². The first-order valence-corrected chi connectivity index (χ1v) is 14.5. The predicted molar refractivity (Wildman–Crippen MR) is 145 cm³/mol. The second-order valence-electron chi connectivity index (χ2n) is 9.27. The highest BCUT2D eigenvalue weighted by atomic mass is 35.5. The molecule has 3 heterocycles. The molecule has 1 aromatic carbocycles. The quantitative estimate of drug-likeness (QED) is 0.310. The highest BCUT2D eigenvalue weighted by molar-refractivity contribution is 7.18. The van der Waals surface area contributed by atoms with E-state index in [0.29, 0.717) is 10.6 Å². The van der Waals surface area contributed by atoms with Crippen LogP contribution in [0, 0.1) is 6.92 Å².